The number of aromatic nitrogens is 1. The number of rotatable bonds is 3. The van der Waals surface area contributed by atoms with Crippen LogP contribution in [0.5, 0.6) is 0 Å². The van der Waals surface area contributed by atoms with Crippen molar-refractivity contribution in [3.8, 4) is 0 Å². The maximum Gasteiger partial charge on any atom is 0.418 e. The fourth-order valence-corrected chi connectivity index (χ4v) is 1.78. The van der Waals surface area contributed by atoms with Crippen molar-refractivity contribution in [3.63, 3.8) is 0 Å². The molecular formula is C14H11F3N2O. The van der Waals surface area contributed by atoms with Crippen LogP contribution in [0, 0.1) is 0 Å². The summed E-state index contributed by atoms with van der Waals surface area (Å²) in [5, 5.41) is 0. The highest BCUT2D eigenvalue weighted by molar-refractivity contribution is 5.97. The molecule has 0 amide bonds. The van der Waals surface area contributed by atoms with E-state index in [4.69, 9.17) is 5.73 Å². The van der Waals surface area contributed by atoms with Gasteiger partial charge in [0.25, 0.3) is 0 Å². The van der Waals surface area contributed by atoms with Crippen LogP contribution in [0.4, 0.5) is 18.9 Å². The van der Waals surface area contributed by atoms with E-state index in [1.807, 2.05) is 0 Å². The second kappa shape index (κ2) is 5.32. The monoisotopic (exact) mass is 280 g/mol. The van der Waals surface area contributed by atoms with Crippen molar-refractivity contribution >= 4 is 11.5 Å². The summed E-state index contributed by atoms with van der Waals surface area (Å²) in [6, 6.07) is 9.25. The lowest BCUT2D eigenvalue weighted by atomic mass is 10.0. The van der Waals surface area contributed by atoms with Crippen LogP contribution in [-0.2, 0) is 12.6 Å². The van der Waals surface area contributed by atoms with Crippen LogP contribution in [0.3, 0.4) is 0 Å². The van der Waals surface area contributed by atoms with Gasteiger partial charge in [0.1, 0.15) is 5.69 Å². The predicted octanol–water partition coefficient (Wildman–Crippen LogP) is 3.11. The van der Waals surface area contributed by atoms with Gasteiger partial charge in [0, 0.05) is 6.42 Å². The van der Waals surface area contributed by atoms with Crippen molar-refractivity contribution in [2.24, 2.45) is 0 Å². The Bertz CT molecular complexity index is 624. The van der Waals surface area contributed by atoms with E-state index in [1.54, 1.807) is 30.3 Å². The third kappa shape index (κ3) is 3.14. The Morgan fingerprint density at radius 2 is 1.85 bits per heavy atom. The average Bonchev–Trinajstić information content (AvgIpc) is 2.38. The zero-order valence-corrected chi connectivity index (χ0v) is 10.3. The van der Waals surface area contributed by atoms with Gasteiger partial charge in [-0.1, -0.05) is 30.3 Å². The number of nitrogens with zero attached hydrogens (tertiary/aromatic N) is 1. The second-order valence-corrected chi connectivity index (χ2v) is 4.25. The Kier molecular flexibility index (Phi) is 3.74. The number of hydrogen-bond acceptors (Lipinski definition) is 3. The molecule has 0 aliphatic heterocycles. The number of pyridine rings is 1. The zero-order valence-electron chi connectivity index (χ0n) is 10.3. The summed E-state index contributed by atoms with van der Waals surface area (Å²) in [6.07, 6.45) is -3.75. The van der Waals surface area contributed by atoms with Gasteiger partial charge in [-0.15, -0.1) is 0 Å². The molecule has 6 heteroatoms. The lowest BCUT2D eigenvalue weighted by molar-refractivity contribution is -0.138. The number of halogens is 3. The first kappa shape index (κ1) is 14.0. The summed E-state index contributed by atoms with van der Waals surface area (Å²) in [5.74, 6) is -0.691. The molecule has 0 bridgehead atoms. The Labute approximate surface area is 113 Å². The van der Waals surface area contributed by atoms with Crippen LogP contribution in [0.2, 0.25) is 0 Å². The molecule has 0 atom stereocenters. The summed E-state index contributed by atoms with van der Waals surface area (Å²) < 4.78 is 38.6. The van der Waals surface area contributed by atoms with Gasteiger partial charge in [-0.05, 0) is 11.6 Å². The maximum atomic E-state index is 12.9. The highest BCUT2D eigenvalue weighted by Gasteiger charge is 2.36. The molecule has 0 saturated carbocycles. The summed E-state index contributed by atoms with van der Waals surface area (Å²) in [4.78, 5) is 15.5. The summed E-state index contributed by atoms with van der Waals surface area (Å²) in [5.41, 5.74) is 4.10. The van der Waals surface area contributed by atoms with Gasteiger partial charge in [0.05, 0.1) is 17.4 Å². The molecule has 0 radical (unpaired) electrons. The van der Waals surface area contributed by atoms with Crippen molar-refractivity contribution in [2.75, 3.05) is 5.73 Å². The van der Waals surface area contributed by atoms with Crippen molar-refractivity contribution < 1.29 is 18.0 Å². The van der Waals surface area contributed by atoms with E-state index in [-0.39, 0.29) is 12.1 Å². The molecule has 0 aliphatic rings. The molecule has 2 aromatic rings. The van der Waals surface area contributed by atoms with E-state index in [2.05, 4.69) is 4.98 Å². The number of anilines is 1. The van der Waals surface area contributed by atoms with Gasteiger partial charge in [0.2, 0.25) is 0 Å². The fourth-order valence-electron chi connectivity index (χ4n) is 1.78. The number of nitrogen functional groups attached to an aromatic ring is 1. The number of carbonyl (C=O) groups is 1. The van der Waals surface area contributed by atoms with Gasteiger partial charge >= 0.3 is 6.18 Å². The van der Waals surface area contributed by atoms with Crippen LogP contribution < -0.4 is 5.73 Å². The normalized spacial score (nSPS) is 11.3. The highest BCUT2D eigenvalue weighted by Crippen LogP contribution is 2.32. The van der Waals surface area contributed by atoms with Gasteiger partial charge in [-0.3, -0.25) is 9.78 Å². The number of ketones is 1. The molecule has 1 aromatic heterocycles. The van der Waals surface area contributed by atoms with Gasteiger partial charge in [-0.25, -0.2) is 0 Å². The van der Waals surface area contributed by atoms with Crippen molar-refractivity contribution in [1.82, 2.24) is 4.98 Å². The molecule has 0 unspecified atom stereocenters. The van der Waals surface area contributed by atoms with Crippen molar-refractivity contribution in [1.29, 1.82) is 0 Å². The number of hydrogen-bond donors (Lipinski definition) is 1. The lowest BCUT2D eigenvalue weighted by Crippen LogP contribution is -2.17. The largest absolute Gasteiger partial charge is 0.418 e. The molecular weight excluding hydrogens is 269 g/mol. The molecule has 1 heterocycles. The first-order valence-electron chi connectivity index (χ1n) is 5.78. The number of alkyl halides is 3. The molecule has 0 aliphatic carbocycles. The first-order valence-corrected chi connectivity index (χ1v) is 5.78. The fraction of sp³-hybridized carbons (Fsp3) is 0.143. The Balaban J connectivity index is 2.35. The number of carbonyl (C=O) groups excluding carboxylic acids is 1. The molecule has 0 saturated heterocycles. The zero-order chi connectivity index (χ0) is 14.8. The molecule has 0 fully saturated rings. The van der Waals surface area contributed by atoms with E-state index in [9.17, 15) is 18.0 Å². The minimum atomic E-state index is -4.66. The van der Waals surface area contributed by atoms with E-state index in [0.29, 0.717) is 5.56 Å². The molecule has 1 aromatic carbocycles. The van der Waals surface area contributed by atoms with Crippen molar-refractivity contribution in [2.45, 2.75) is 12.6 Å². The van der Waals surface area contributed by atoms with Crippen LogP contribution in [0.15, 0.2) is 42.6 Å². The summed E-state index contributed by atoms with van der Waals surface area (Å²) in [7, 11) is 0. The number of Topliss-reactive ketones (excluding diaryl/α,β-unsaturated/α-hetero) is 1. The molecule has 20 heavy (non-hydrogen) atoms. The van der Waals surface area contributed by atoms with Crippen LogP contribution >= 0.6 is 0 Å². The maximum absolute atomic E-state index is 12.9. The Morgan fingerprint density at radius 1 is 1.20 bits per heavy atom. The first-order chi connectivity index (χ1) is 9.38. The molecule has 3 nitrogen and oxygen atoms in total. The third-order valence-corrected chi connectivity index (χ3v) is 2.69. The van der Waals surface area contributed by atoms with Gasteiger partial charge < -0.3 is 5.73 Å². The smallest absolute Gasteiger partial charge is 0.397 e. The number of benzene rings is 1. The van der Waals surface area contributed by atoms with Crippen molar-refractivity contribution in [3.05, 3.63) is 59.4 Å². The lowest BCUT2D eigenvalue weighted by Gasteiger charge is -2.11. The second-order valence-electron chi connectivity index (χ2n) is 4.25. The van der Waals surface area contributed by atoms with Crippen LogP contribution in [0.25, 0.3) is 0 Å². The predicted molar refractivity (Wildman–Crippen MR) is 68.1 cm³/mol. The highest BCUT2D eigenvalue weighted by atomic mass is 19.4. The van der Waals surface area contributed by atoms with Gasteiger partial charge in [-0.2, -0.15) is 13.2 Å². The van der Waals surface area contributed by atoms with E-state index in [1.165, 1.54) is 0 Å². The minimum absolute atomic E-state index is 0.131. The number of nitrogens with two attached hydrogens (primary N) is 1. The van der Waals surface area contributed by atoms with Crippen LogP contribution in [-0.4, -0.2) is 10.8 Å². The van der Waals surface area contributed by atoms with E-state index >= 15 is 0 Å². The van der Waals surface area contributed by atoms with E-state index < -0.39 is 23.2 Å². The quantitative estimate of drug-likeness (QED) is 0.879. The minimum Gasteiger partial charge on any atom is -0.397 e. The standard InChI is InChI=1S/C14H11F3N2O/c15-14(16,17)11-7-10(18)8-19-13(11)12(20)6-9-4-2-1-3-5-9/h1-5,7-8H,6,18H2. The summed E-state index contributed by atoms with van der Waals surface area (Å²) in [6.45, 7) is 0. The topological polar surface area (TPSA) is 56.0 Å². The molecule has 2 N–H and O–H groups in total. The SMILES string of the molecule is Nc1cnc(C(=O)Cc2ccccc2)c(C(F)(F)F)c1. The molecule has 2 rings (SSSR count). The van der Waals surface area contributed by atoms with E-state index in [0.717, 1.165) is 12.3 Å². The van der Waals surface area contributed by atoms with Crippen LogP contribution in [0.1, 0.15) is 21.6 Å². The molecule has 104 valence electrons. The summed E-state index contributed by atoms with van der Waals surface area (Å²) >= 11 is 0. The third-order valence-electron chi connectivity index (χ3n) is 2.69. The van der Waals surface area contributed by atoms with Gasteiger partial charge in [0.15, 0.2) is 5.78 Å². The molecule has 0 spiro atoms. The Hall–Kier alpha value is -2.37. The Morgan fingerprint density at radius 3 is 2.45 bits per heavy atom. The average molecular weight is 280 g/mol.